The smallest absolute Gasteiger partial charge is 0.326 e. The molecule has 3 N–H and O–H groups in total. The number of aliphatic imine (C=N–C) groups is 1. The molecule has 9 nitrogen and oxygen atoms in total. The molecule has 0 saturated carbocycles. The van der Waals surface area contributed by atoms with Gasteiger partial charge in [-0.3, -0.25) is 9.59 Å². The first-order valence-corrected chi connectivity index (χ1v) is 13.1. The van der Waals surface area contributed by atoms with Crippen molar-refractivity contribution in [1.29, 1.82) is 0 Å². The van der Waals surface area contributed by atoms with E-state index in [2.05, 4.69) is 11.9 Å². The minimum absolute atomic E-state index is 0.0220. The quantitative estimate of drug-likeness (QED) is 0.260. The van der Waals surface area contributed by atoms with Gasteiger partial charge in [-0.1, -0.05) is 33.1 Å². The van der Waals surface area contributed by atoms with Crippen LogP contribution in [0.3, 0.4) is 0 Å². The summed E-state index contributed by atoms with van der Waals surface area (Å²) < 4.78 is 11.4. The van der Waals surface area contributed by atoms with Gasteiger partial charge in [0.1, 0.15) is 17.9 Å². The highest BCUT2D eigenvalue weighted by Crippen LogP contribution is 2.29. The van der Waals surface area contributed by atoms with E-state index in [1.54, 1.807) is 9.80 Å². The van der Waals surface area contributed by atoms with Crippen molar-refractivity contribution in [1.82, 2.24) is 9.80 Å². The topological polar surface area (TPSA) is 118 Å². The van der Waals surface area contributed by atoms with Gasteiger partial charge in [-0.25, -0.2) is 4.99 Å². The van der Waals surface area contributed by atoms with Crippen molar-refractivity contribution in [3.05, 3.63) is 23.8 Å². The molecule has 0 spiro atoms. The summed E-state index contributed by atoms with van der Waals surface area (Å²) in [7, 11) is 0. The molecule has 0 radical (unpaired) electrons. The minimum Gasteiger partial charge on any atom is -0.494 e. The highest BCUT2D eigenvalue weighted by Gasteiger charge is 2.25. The van der Waals surface area contributed by atoms with E-state index in [-0.39, 0.29) is 31.0 Å². The van der Waals surface area contributed by atoms with Crippen molar-refractivity contribution in [2.75, 3.05) is 32.8 Å². The van der Waals surface area contributed by atoms with Crippen LogP contribution in [0.4, 0.5) is 5.69 Å². The first-order chi connectivity index (χ1) is 17.2. The Morgan fingerprint density at radius 3 is 2.64 bits per heavy atom. The fourth-order valence-corrected chi connectivity index (χ4v) is 3.86. The fraction of sp³-hybridized carbons (Fsp3) is 0.667. The van der Waals surface area contributed by atoms with Crippen molar-refractivity contribution in [3.8, 4) is 5.75 Å². The zero-order chi connectivity index (χ0) is 26.6. The van der Waals surface area contributed by atoms with E-state index in [0.29, 0.717) is 44.8 Å². The second kappa shape index (κ2) is 14.7. The van der Waals surface area contributed by atoms with Gasteiger partial charge in [-0.05, 0) is 51.3 Å². The molecule has 0 aromatic heterocycles. The number of hydrogen-bond donors (Lipinski definition) is 2. The number of aliphatic hydroxyl groups excluding tert-OH is 1. The summed E-state index contributed by atoms with van der Waals surface area (Å²) in [6.07, 6.45) is 6.05. The zero-order valence-corrected chi connectivity index (χ0v) is 22.4. The van der Waals surface area contributed by atoms with Crippen molar-refractivity contribution < 1.29 is 24.2 Å². The lowest BCUT2D eigenvalue weighted by molar-refractivity contribution is -0.157. The fourth-order valence-electron chi connectivity index (χ4n) is 3.86. The molecule has 1 aromatic carbocycles. The molecule has 1 aliphatic heterocycles. The van der Waals surface area contributed by atoms with Crippen LogP contribution in [-0.4, -0.2) is 71.2 Å². The summed E-state index contributed by atoms with van der Waals surface area (Å²) in [4.78, 5) is 32.8. The maximum atomic E-state index is 12.6. The second-order valence-corrected chi connectivity index (χ2v) is 9.82. The second-order valence-electron chi connectivity index (χ2n) is 9.82. The van der Waals surface area contributed by atoms with E-state index >= 15 is 0 Å². The highest BCUT2D eigenvalue weighted by molar-refractivity contribution is 5.87. The molecular weight excluding hydrogens is 460 g/mol. The number of unbranched alkanes of at least 4 members (excludes halogenated alkanes) is 3. The van der Waals surface area contributed by atoms with Crippen LogP contribution in [0.1, 0.15) is 78.2 Å². The lowest BCUT2D eigenvalue weighted by atomic mass is 10.1. The van der Waals surface area contributed by atoms with E-state index in [0.717, 1.165) is 43.4 Å². The van der Waals surface area contributed by atoms with Crippen LogP contribution in [0, 0.1) is 0 Å². The summed E-state index contributed by atoms with van der Waals surface area (Å²) in [5.41, 5.74) is 7.21. The van der Waals surface area contributed by atoms with Gasteiger partial charge in [0.25, 0.3) is 0 Å². The number of fused-ring (bicyclic) bond motifs is 1. The van der Waals surface area contributed by atoms with Crippen LogP contribution in [0.15, 0.2) is 23.2 Å². The van der Waals surface area contributed by atoms with E-state index in [9.17, 15) is 14.7 Å². The number of amides is 1. The first-order valence-electron chi connectivity index (χ1n) is 13.1. The molecule has 1 aliphatic rings. The summed E-state index contributed by atoms with van der Waals surface area (Å²) in [6.45, 7) is 9.77. The Kier molecular flexibility index (Phi) is 12.0. The Labute approximate surface area is 215 Å². The maximum Gasteiger partial charge on any atom is 0.326 e. The zero-order valence-electron chi connectivity index (χ0n) is 22.4. The average molecular weight is 505 g/mol. The lowest BCUT2D eigenvalue weighted by Gasteiger charge is -2.30. The number of ether oxygens (including phenoxy) is 2. The largest absolute Gasteiger partial charge is 0.494 e. The number of rotatable bonds is 16. The molecule has 0 aliphatic carbocycles. The van der Waals surface area contributed by atoms with Crippen LogP contribution >= 0.6 is 0 Å². The third-order valence-electron chi connectivity index (χ3n) is 6.34. The van der Waals surface area contributed by atoms with Crippen LogP contribution in [0.2, 0.25) is 0 Å². The van der Waals surface area contributed by atoms with Gasteiger partial charge < -0.3 is 30.1 Å². The molecule has 1 aromatic rings. The molecule has 0 atom stereocenters. The minimum atomic E-state index is -0.525. The molecule has 1 heterocycles. The molecule has 0 unspecified atom stereocenters. The number of benzene rings is 1. The lowest BCUT2D eigenvalue weighted by Crippen LogP contribution is -2.43. The number of hydrogen-bond acceptors (Lipinski definition) is 8. The van der Waals surface area contributed by atoms with Gasteiger partial charge in [0.2, 0.25) is 5.91 Å². The molecule has 9 heteroatoms. The third kappa shape index (κ3) is 9.68. The number of nitrogens with zero attached hydrogens (tertiary/aromatic N) is 3. The Morgan fingerprint density at radius 1 is 1.17 bits per heavy atom. The molecule has 36 heavy (non-hydrogen) atoms. The number of aliphatic hydroxyl groups is 1. The first kappa shape index (κ1) is 29.4. The van der Waals surface area contributed by atoms with Crippen molar-refractivity contribution in [2.45, 2.75) is 84.8 Å². The van der Waals surface area contributed by atoms with Gasteiger partial charge in [0.15, 0.2) is 5.96 Å². The Bertz CT molecular complexity index is 887. The molecule has 2 rings (SSSR count). The number of guanidine groups is 1. The SMILES string of the molecule is CCCCCCN(CCO)C(=O)CCCOc1ccc2c(c1)CN(CC(=O)OC(C)(C)CC)C(N)=N2. The van der Waals surface area contributed by atoms with Crippen LogP contribution in [0.5, 0.6) is 5.75 Å². The van der Waals surface area contributed by atoms with E-state index in [1.165, 1.54) is 0 Å². The predicted molar refractivity (Wildman–Crippen MR) is 141 cm³/mol. The van der Waals surface area contributed by atoms with E-state index < -0.39 is 5.60 Å². The molecule has 202 valence electrons. The third-order valence-corrected chi connectivity index (χ3v) is 6.34. The number of carbonyl (C=O) groups is 2. The Morgan fingerprint density at radius 2 is 1.94 bits per heavy atom. The number of esters is 1. The van der Waals surface area contributed by atoms with Gasteiger partial charge in [0, 0.05) is 31.6 Å². The average Bonchev–Trinajstić information content (AvgIpc) is 2.84. The number of nitrogens with two attached hydrogens (primary N) is 1. The van der Waals surface area contributed by atoms with E-state index in [4.69, 9.17) is 15.2 Å². The highest BCUT2D eigenvalue weighted by atomic mass is 16.6. The summed E-state index contributed by atoms with van der Waals surface area (Å²) >= 11 is 0. The van der Waals surface area contributed by atoms with Gasteiger partial charge in [-0.2, -0.15) is 0 Å². The van der Waals surface area contributed by atoms with Crippen LogP contribution < -0.4 is 10.5 Å². The summed E-state index contributed by atoms with van der Waals surface area (Å²) in [5, 5.41) is 9.29. The molecule has 0 saturated heterocycles. The molecule has 0 bridgehead atoms. The Hall–Kier alpha value is -2.81. The van der Waals surface area contributed by atoms with Gasteiger partial charge >= 0.3 is 5.97 Å². The summed E-state index contributed by atoms with van der Waals surface area (Å²) in [6, 6.07) is 5.57. The molecule has 0 fully saturated rings. The molecule has 1 amide bonds. The van der Waals surface area contributed by atoms with Crippen molar-refractivity contribution >= 4 is 23.5 Å². The maximum absolute atomic E-state index is 12.6. The standard InChI is InChI=1S/C27H44N4O5/c1-5-7-8-9-14-30(15-16-32)24(33)11-10-17-35-22-12-13-23-21(18-22)19-31(26(28)29-23)20-25(34)36-27(3,4)6-2/h12-13,18,32H,5-11,14-17,19-20H2,1-4H3,(H2,28,29). The monoisotopic (exact) mass is 504 g/mol. The van der Waals surface area contributed by atoms with Gasteiger partial charge in [0.05, 0.1) is 18.9 Å². The summed E-state index contributed by atoms with van der Waals surface area (Å²) in [5.74, 6) is 0.663. The molecular formula is C27H44N4O5. The Balaban J connectivity index is 1.85. The van der Waals surface area contributed by atoms with Crippen LogP contribution in [0.25, 0.3) is 0 Å². The van der Waals surface area contributed by atoms with Crippen molar-refractivity contribution in [2.24, 2.45) is 10.7 Å². The van der Waals surface area contributed by atoms with Crippen LogP contribution in [-0.2, 0) is 20.9 Å². The van der Waals surface area contributed by atoms with E-state index in [1.807, 2.05) is 39.0 Å². The number of carbonyl (C=O) groups excluding carboxylic acids is 2. The predicted octanol–water partition coefficient (Wildman–Crippen LogP) is 3.74. The van der Waals surface area contributed by atoms with Crippen molar-refractivity contribution in [3.63, 3.8) is 0 Å². The van der Waals surface area contributed by atoms with Gasteiger partial charge in [-0.15, -0.1) is 0 Å². The normalized spacial score (nSPS) is 13.1.